The minimum absolute atomic E-state index is 0.239. The van der Waals surface area contributed by atoms with Gasteiger partial charge in [-0.3, -0.25) is 4.79 Å². The molecule has 1 aromatic carbocycles. The van der Waals surface area contributed by atoms with Crippen LogP contribution >= 0.6 is 12.6 Å². The molecule has 1 aromatic rings. The van der Waals surface area contributed by atoms with Crippen LogP contribution in [0.4, 0.5) is 0 Å². The number of ketones is 1. The molecule has 1 aliphatic heterocycles. The molecular weight excluding hydrogens is 218 g/mol. The molecule has 86 valence electrons. The van der Waals surface area contributed by atoms with Gasteiger partial charge in [0.2, 0.25) is 0 Å². The Hall–Kier alpha value is -0.800. The van der Waals surface area contributed by atoms with Gasteiger partial charge in [-0.25, -0.2) is 0 Å². The summed E-state index contributed by atoms with van der Waals surface area (Å²) in [7, 11) is 0. The molecule has 0 bridgehead atoms. The van der Waals surface area contributed by atoms with Gasteiger partial charge in [0.05, 0.1) is 0 Å². The molecule has 1 fully saturated rings. The number of rotatable bonds is 4. The molecule has 0 spiro atoms. The van der Waals surface area contributed by atoms with Crippen LogP contribution in [0.2, 0.25) is 0 Å². The number of carbonyl (C=O) groups excluding carboxylic acids is 1. The molecule has 1 saturated heterocycles. The van der Waals surface area contributed by atoms with Gasteiger partial charge in [0, 0.05) is 30.3 Å². The third-order valence-electron chi connectivity index (χ3n) is 3.00. The largest absolute Gasteiger partial charge is 0.302 e. The number of hydrogen-bond acceptors (Lipinski definition) is 3. The monoisotopic (exact) mass is 235 g/mol. The Labute approximate surface area is 102 Å². The standard InChI is InChI=1S/C13H17NOS/c15-13(11-4-2-1-3-5-11)7-9-14-8-6-12(16)10-14/h1-5,12,16H,6-10H2. The molecule has 1 atom stereocenters. The molecule has 0 aliphatic carbocycles. The van der Waals surface area contributed by atoms with Crippen molar-refractivity contribution in [1.29, 1.82) is 0 Å². The first kappa shape index (κ1) is 11.7. The first-order chi connectivity index (χ1) is 7.75. The summed E-state index contributed by atoms with van der Waals surface area (Å²) in [5, 5.41) is 0.492. The number of Topliss-reactive ketones (excluding diaryl/α,β-unsaturated/α-hetero) is 1. The average molecular weight is 235 g/mol. The Balaban J connectivity index is 1.80. The number of nitrogens with zero attached hydrogens (tertiary/aromatic N) is 1. The highest BCUT2D eigenvalue weighted by Gasteiger charge is 2.19. The molecule has 1 heterocycles. The zero-order chi connectivity index (χ0) is 11.4. The number of hydrogen-bond donors (Lipinski definition) is 1. The van der Waals surface area contributed by atoms with E-state index in [1.807, 2.05) is 30.3 Å². The zero-order valence-electron chi connectivity index (χ0n) is 9.30. The number of likely N-dealkylation sites (tertiary alicyclic amines) is 1. The van der Waals surface area contributed by atoms with Crippen LogP contribution in [0.1, 0.15) is 23.2 Å². The highest BCUT2D eigenvalue weighted by atomic mass is 32.1. The quantitative estimate of drug-likeness (QED) is 0.638. The Morgan fingerprint density at radius 3 is 2.75 bits per heavy atom. The van der Waals surface area contributed by atoms with Crippen molar-refractivity contribution in [2.75, 3.05) is 19.6 Å². The van der Waals surface area contributed by atoms with Gasteiger partial charge in [-0.1, -0.05) is 30.3 Å². The van der Waals surface area contributed by atoms with Gasteiger partial charge in [-0.05, 0) is 13.0 Å². The molecule has 2 rings (SSSR count). The van der Waals surface area contributed by atoms with Crippen molar-refractivity contribution in [1.82, 2.24) is 4.90 Å². The molecule has 1 unspecified atom stereocenters. The van der Waals surface area contributed by atoms with E-state index in [2.05, 4.69) is 17.5 Å². The summed E-state index contributed by atoms with van der Waals surface area (Å²) in [4.78, 5) is 14.2. The number of benzene rings is 1. The maximum atomic E-state index is 11.8. The maximum absolute atomic E-state index is 11.8. The summed E-state index contributed by atoms with van der Waals surface area (Å²) in [5.41, 5.74) is 0.823. The number of carbonyl (C=O) groups is 1. The summed E-state index contributed by atoms with van der Waals surface area (Å²) in [6, 6.07) is 9.52. The molecule has 3 heteroatoms. The van der Waals surface area contributed by atoms with Gasteiger partial charge in [-0.2, -0.15) is 12.6 Å². The molecule has 16 heavy (non-hydrogen) atoms. The lowest BCUT2D eigenvalue weighted by molar-refractivity contribution is 0.0969. The van der Waals surface area contributed by atoms with Gasteiger partial charge in [-0.15, -0.1) is 0 Å². The van der Waals surface area contributed by atoms with Gasteiger partial charge in [0.25, 0.3) is 0 Å². The smallest absolute Gasteiger partial charge is 0.164 e. The van der Waals surface area contributed by atoms with Crippen molar-refractivity contribution in [3.05, 3.63) is 35.9 Å². The first-order valence-electron chi connectivity index (χ1n) is 5.74. The van der Waals surface area contributed by atoms with Gasteiger partial charge in [0.1, 0.15) is 0 Å². The lowest BCUT2D eigenvalue weighted by Crippen LogP contribution is -2.24. The predicted octanol–water partition coefficient (Wildman–Crippen LogP) is 2.26. The summed E-state index contributed by atoms with van der Waals surface area (Å²) in [6.07, 6.45) is 1.76. The predicted molar refractivity (Wildman–Crippen MR) is 69.2 cm³/mol. The summed E-state index contributed by atoms with van der Waals surface area (Å²) in [6.45, 7) is 2.96. The van der Waals surface area contributed by atoms with Crippen molar-refractivity contribution in [2.24, 2.45) is 0 Å². The van der Waals surface area contributed by atoms with Crippen LogP contribution in [0, 0.1) is 0 Å². The first-order valence-corrected chi connectivity index (χ1v) is 6.26. The van der Waals surface area contributed by atoms with E-state index in [0.29, 0.717) is 11.7 Å². The Morgan fingerprint density at radius 1 is 1.38 bits per heavy atom. The van der Waals surface area contributed by atoms with Crippen LogP contribution in [-0.4, -0.2) is 35.6 Å². The second-order valence-electron chi connectivity index (χ2n) is 4.28. The minimum Gasteiger partial charge on any atom is -0.302 e. The van der Waals surface area contributed by atoms with Gasteiger partial charge >= 0.3 is 0 Å². The topological polar surface area (TPSA) is 20.3 Å². The van der Waals surface area contributed by atoms with E-state index in [1.54, 1.807) is 0 Å². The molecule has 0 aromatic heterocycles. The zero-order valence-corrected chi connectivity index (χ0v) is 10.2. The van der Waals surface area contributed by atoms with E-state index in [0.717, 1.165) is 31.6 Å². The SMILES string of the molecule is O=C(CCN1CCC(S)C1)c1ccccc1. The second kappa shape index (κ2) is 5.51. The molecule has 0 N–H and O–H groups in total. The van der Waals surface area contributed by atoms with Crippen LogP contribution in [0.15, 0.2) is 30.3 Å². The normalized spacial score (nSPS) is 21.2. The summed E-state index contributed by atoms with van der Waals surface area (Å²) in [5.74, 6) is 0.239. The molecule has 2 nitrogen and oxygen atoms in total. The van der Waals surface area contributed by atoms with E-state index in [1.165, 1.54) is 0 Å². The third kappa shape index (κ3) is 3.09. The fourth-order valence-corrected chi connectivity index (χ4v) is 2.39. The minimum atomic E-state index is 0.239. The molecule has 1 aliphatic rings. The van der Waals surface area contributed by atoms with Crippen molar-refractivity contribution in [3.63, 3.8) is 0 Å². The lowest BCUT2D eigenvalue weighted by Gasteiger charge is -2.13. The average Bonchev–Trinajstić information content (AvgIpc) is 2.73. The fourth-order valence-electron chi connectivity index (χ4n) is 2.04. The fraction of sp³-hybridized carbons (Fsp3) is 0.462. The van der Waals surface area contributed by atoms with Crippen LogP contribution in [-0.2, 0) is 0 Å². The second-order valence-corrected chi connectivity index (χ2v) is 5.01. The third-order valence-corrected chi connectivity index (χ3v) is 3.42. The van der Waals surface area contributed by atoms with Crippen molar-refractivity contribution in [2.45, 2.75) is 18.1 Å². The van der Waals surface area contributed by atoms with E-state index in [9.17, 15) is 4.79 Å². The molecule has 0 amide bonds. The van der Waals surface area contributed by atoms with E-state index >= 15 is 0 Å². The van der Waals surface area contributed by atoms with Crippen molar-refractivity contribution < 1.29 is 4.79 Å². The Kier molecular flexibility index (Phi) is 4.02. The Bertz CT molecular complexity index is 352. The van der Waals surface area contributed by atoms with Crippen LogP contribution in [0.3, 0.4) is 0 Å². The lowest BCUT2D eigenvalue weighted by atomic mass is 10.1. The molecule has 0 saturated carbocycles. The van der Waals surface area contributed by atoms with E-state index < -0.39 is 0 Å². The Morgan fingerprint density at radius 2 is 2.12 bits per heavy atom. The van der Waals surface area contributed by atoms with Gasteiger partial charge < -0.3 is 4.90 Å². The van der Waals surface area contributed by atoms with Crippen molar-refractivity contribution in [3.8, 4) is 0 Å². The highest BCUT2D eigenvalue weighted by molar-refractivity contribution is 7.81. The van der Waals surface area contributed by atoms with Crippen LogP contribution in [0.5, 0.6) is 0 Å². The molecule has 0 radical (unpaired) electrons. The highest BCUT2D eigenvalue weighted by Crippen LogP contribution is 2.14. The number of thiol groups is 1. The van der Waals surface area contributed by atoms with Crippen LogP contribution in [0.25, 0.3) is 0 Å². The van der Waals surface area contributed by atoms with Gasteiger partial charge in [0.15, 0.2) is 5.78 Å². The van der Waals surface area contributed by atoms with E-state index in [4.69, 9.17) is 0 Å². The molecular formula is C13H17NOS. The van der Waals surface area contributed by atoms with E-state index in [-0.39, 0.29) is 5.78 Å². The van der Waals surface area contributed by atoms with Crippen molar-refractivity contribution >= 4 is 18.4 Å². The maximum Gasteiger partial charge on any atom is 0.164 e. The van der Waals surface area contributed by atoms with Crippen LogP contribution < -0.4 is 0 Å². The summed E-state index contributed by atoms with van der Waals surface area (Å²) >= 11 is 4.44. The summed E-state index contributed by atoms with van der Waals surface area (Å²) < 4.78 is 0.